The van der Waals surface area contributed by atoms with Gasteiger partial charge in [0.1, 0.15) is 11.6 Å². The van der Waals surface area contributed by atoms with Crippen LogP contribution in [0.3, 0.4) is 0 Å². The molecular formula is C13H18N2O3S. The zero-order chi connectivity index (χ0) is 14.3. The minimum absolute atomic E-state index is 0.0260. The Morgan fingerprint density at radius 2 is 2.26 bits per heavy atom. The molecular weight excluding hydrogens is 264 g/mol. The van der Waals surface area contributed by atoms with Crippen molar-refractivity contribution >= 4 is 28.8 Å². The predicted molar refractivity (Wildman–Crippen MR) is 78.2 cm³/mol. The fourth-order valence-electron chi connectivity index (χ4n) is 1.45. The molecule has 0 saturated heterocycles. The molecule has 1 rings (SSSR count). The molecule has 0 fully saturated rings. The second-order valence-corrected chi connectivity index (χ2v) is 4.51. The van der Waals surface area contributed by atoms with Crippen molar-refractivity contribution in [2.24, 2.45) is 5.73 Å². The molecule has 0 aliphatic rings. The van der Waals surface area contributed by atoms with Crippen LogP contribution in [0.1, 0.15) is 12.5 Å². The van der Waals surface area contributed by atoms with Gasteiger partial charge in [-0.3, -0.25) is 4.79 Å². The minimum Gasteiger partial charge on any atom is -0.389 e. The molecule has 6 heteroatoms. The van der Waals surface area contributed by atoms with E-state index in [0.29, 0.717) is 22.8 Å². The Bertz CT molecular complexity index is 451. The van der Waals surface area contributed by atoms with Crippen molar-refractivity contribution in [2.45, 2.75) is 13.0 Å². The molecule has 0 heterocycles. The Balaban J connectivity index is 2.48. The van der Waals surface area contributed by atoms with E-state index in [4.69, 9.17) is 27.4 Å². The maximum atomic E-state index is 11.7. The third-order valence-electron chi connectivity index (χ3n) is 2.33. The lowest BCUT2D eigenvalue weighted by atomic mass is 10.2. The summed E-state index contributed by atoms with van der Waals surface area (Å²) in [6.45, 7) is 2.26. The van der Waals surface area contributed by atoms with Crippen molar-refractivity contribution in [3.8, 4) is 0 Å². The SMILES string of the molecule is COCC(C)OCC(=O)Nc1cccc(C(N)=S)c1. The zero-order valence-corrected chi connectivity index (χ0v) is 11.8. The molecule has 0 saturated carbocycles. The van der Waals surface area contributed by atoms with Gasteiger partial charge in [0.05, 0.1) is 12.7 Å². The average Bonchev–Trinajstić information content (AvgIpc) is 2.37. The highest BCUT2D eigenvalue weighted by Crippen LogP contribution is 2.10. The summed E-state index contributed by atoms with van der Waals surface area (Å²) in [5.74, 6) is -0.233. The van der Waals surface area contributed by atoms with Crippen molar-refractivity contribution in [3.63, 3.8) is 0 Å². The number of hydrogen-bond donors (Lipinski definition) is 2. The van der Waals surface area contributed by atoms with Crippen molar-refractivity contribution in [3.05, 3.63) is 29.8 Å². The second-order valence-electron chi connectivity index (χ2n) is 4.07. The molecule has 1 unspecified atom stereocenters. The number of thiocarbonyl (C=S) groups is 1. The van der Waals surface area contributed by atoms with Crippen molar-refractivity contribution in [1.29, 1.82) is 0 Å². The van der Waals surface area contributed by atoms with Crippen molar-refractivity contribution in [1.82, 2.24) is 0 Å². The first-order chi connectivity index (χ1) is 9.02. The standard InChI is InChI=1S/C13H18N2O3S/c1-9(7-17-2)18-8-12(16)15-11-5-3-4-10(6-11)13(14)19/h3-6,9H,7-8H2,1-2H3,(H2,14,19)(H,15,16). The molecule has 1 atom stereocenters. The normalized spacial score (nSPS) is 11.9. The lowest BCUT2D eigenvalue weighted by Crippen LogP contribution is -2.24. The third-order valence-corrected chi connectivity index (χ3v) is 2.57. The molecule has 0 spiro atoms. The molecule has 5 nitrogen and oxygen atoms in total. The topological polar surface area (TPSA) is 73.6 Å². The first kappa shape index (κ1) is 15.6. The summed E-state index contributed by atoms with van der Waals surface area (Å²) in [4.78, 5) is 12.0. The number of nitrogens with one attached hydrogen (secondary N) is 1. The lowest BCUT2D eigenvalue weighted by molar-refractivity contribution is -0.123. The van der Waals surface area contributed by atoms with E-state index in [9.17, 15) is 4.79 Å². The average molecular weight is 282 g/mol. The van der Waals surface area contributed by atoms with Gasteiger partial charge in [-0.05, 0) is 19.1 Å². The Kier molecular flexibility index (Phi) is 6.41. The van der Waals surface area contributed by atoms with Crippen LogP contribution >= 0.6 is 12.2 Å². The zero-order valence-electron chi connectivity index (χ0n) is 11.0. The van der Waals surface area contributed by atoms with E-state index in [0.717, 1.165) is 0 Å². The van der Waals surface area contributed by atoms with Gasteiger partial charge in [-0.25, -0.2) is 0 Å². The summed E-state index contributed by atoms with van der Waals surface area (Å²) >= 11 is 4.88. The van der Waals surface area contributed by atoms with E-state index < -0.39 is 0 Å². The molecule has 1 aromatic rings. The van der Waals surface area contributed by atoms with Crippen LogP contribution in [0.4, 0.5) is 5.69 Å². The number of hydrogen-bond acceptors (Lipinski definition) is 4. The van der Waals surface area contributed by atoms with Crippen LogP contribution in [-0.4, -0.2) is 37.3 Å². The number of nitrogens with two attached hydrogens (primary N) is 1. The summed E-state index contributed by atoms with van der Waals surface area (Å²) in [6, 6.07) is 7.05. The maximum Gasteiger partial charge on any atom is 0.250 e. The quantitative estimate of drug-likeness (QED) is 0.738. The van der Waals surface area contributed by atoms with E-state index in [2.05, 4.69) is 5.32 Å². The number of carbonyl (C=O) groups is 1. The van der Waals surface area contributed by atoms with Crippen molar-refractivity contribution < 1.29 is 14.3 Å². The molecule has 1 aromatic carbocycles. The number of anilines is 1. The molecule has 0 radical (unpaired) electrons. The smallest absolute Gasteiger partial charge is 0.250 e. The molecule has 0 aromatic heterocycles. The van der Waals surface area contributed by atoms with Crippen LogP contribution < -0.4 is 11.1 Å². The van der Waals surface area contributed by atoms with Gasteiger partial charge in [-0.2, -0.15) is 0 Å². The summed E-state index contributed by atoms with van der Waals surface area (Å²) in [7, 11) is 1.58. The van der Waals surface area contributed by atoms with Gasteiger partial charge in [0.25, 0.3) is 0 Å². The highest BCUT2D eigenvalue weighted by molar-refractivity contribution is 7.80. The van der Waals surface area contributed by atoms with Crippen LogP contribution in [0.15, 0.2) is 24.3 Å². The number of methoxy groups -OCH3 is 1. The third kappa shape index (κ3) is 5.78. The molecule has 3 N–H and O–H groups in total. The number of carbonyl (C=O) groups excluding carboxylic acids is 1. The monoisotopic (exact) mass is 282 g/mol. The Hall–Kier alpha value is -1.50. The molecule has 1 amide bonds. The van der Waals surface area contributed by atoms with Crippen LogP contribution in [0, 0.1) is 0 Å². The van der Waals surface area contributed by atoms with Crippen LogP contribution in [-0.2, 0) is 14.3 Å². The highest BCUT2D eigenvalue weighted by atomic mass is 32.1. The molecule has 0 bridgehead atoms. The Morgan fingerprint density at radius 1 is 1.53 bits per heavy atom. The second kappa shape index (κ2) is 7.83. The molecule has 0 aliphatic heterocycles. The van der Waals surface area contributed by atoms with Gasteiger partial charge in [0.15, 0.2) is 0 Å². The van der Waals surface area contributed by atoms with Gasteiger partial charge >= 0.3 is 0 Å². The van der Waals surface area contributed by atoms with Gasteiger partial charge in [-0.1, -0.05) is 24.4 Å². The predicted octanol–water partition coefficient (Wildman–Crippen LogP) is 1.31. The van der Waals surface area contributed by atoms with Gasteiger partial charge < -0.3 is 20.5 Å². The highest BCUT2D eigenvalue weighted by Gasteiger charge is 2.07. The van der Waals surface area contributed by atoms with E-state index >= 15 is 0 Å². The van der Waals surface area contributed by atoms with E-state index in [1.54, 1.807) is 31.4 Å². The maximum absolute atomic E-state index is 11.7. The Labute approximate surface area is 118 Å². The minimum atomic E-state index is -0.233. The fourth-order valence-corrected chi connectivity index (χ4v) is 1.58. The van der Waals surface area contributed by atoms with Gasteiger partial charge in [0.2, 0.25) is 5.91 Å². The van der Waals surface area contributed by atoms with Crippen LogP contribution in [0.25, 0.3) is 0 Å². The Morgan fingerprint density at radius 3 is 2.89 bits per heavy atom. The summed E-state index contributed by atoms with van der Waals surface area (Å²) in [6.07, 6.45) is -0.126. The summed E-state index contributed by atoms with van der Waals surface area (Å²) in [5, 5.41) is 2.71. The van der Waals surface area contributed by atoms with Crippen molar-refractivity contribution in [2.75, 3.05) is 25.6 Å². The number of ether oxygens (including phenoxy) is 2. The van der Waals surface area contributed by atoms with Crippen LogP contribution in [0.5, 0.6) is 0 Å². The molecule has 0 aliphatic carbocycles. The lowest BCUT2D eigenvalue weighted by Gasteiger charge is -2.12. The number of amides is 1. The fraction of sp³-hybridized carbons (Fsp3) is 0.385. The number of benzene rings is 1. The van der Waals surface area contributed by atoms with E-state index in [1.165, 1.54) is 0 Å². The summed E-state index contributed by atoms with van der Waals surface area (Å²) < 4.78 is 10.2. The van der Waals surface area contributed by atoms with Crippen LogP contribution in [0.2, 0.25) is 0 Å². The van der Waals surface area contributed by atoms with E-state index in [1.807, 2.05) is 6.92 Å². The number of rotatable bonds is 7. The molecule has 104 valence electrons. The largest absolute Gasteiger partial charge is 0.389 e. The van der Waals surface area contributed by atoms with Gasteiger partial charge in [-0.15, -0.1) is 0 Å². The summed E-state index contributed by atoms with van der Waals surface area (Å²) in [5.41, 5.74) is 6.87. The van der Waals surface area contributed by atoms with E-state index in [-0.39, 0.29) is 18.6 Å². The first-order valence-electron chi connectivity index (χ1n) is 5.83. The van der Waals surface area contributed by atoms with Gasteiger partial charge in [0, 0.05) is 18.4 Å². The molecule has 19 heavy (non-hydrogen) atoms. The first-order valence-corrected chi connectivity index (χ1v) is 6.24.